The molecule has 10 heteroatoms. The molecule has 0 aromatic heterocycles. The fraction of sp³-hybridized carbons (Fsp3) is 0.579. The van der Waals surface area contributed by atoms with E-state index in [4.69, 9.17) is 16.3 Å². The van der Waals surface area contributed by atoms with Crippen molar-refractivity contribution in [2.75, 3.05) is 38.3 Å². The third kappa shape index (κ3) is 6.07. The van der Waals surface area contributed by atoms with E-state index in [9.17, 15) is 18.0 Å². The molecule has 1 aliphatic rings. The third-order valence-electron chi connectivity index (χ3n) is 4.75. The van der Waals surface area contributed by atoms with Crippen LogP contribution >= 0.6 is 11.6 Å². The number of benzene rings is 1. The molecule has 0 radical (unpaired) electrons. The van der Waals surface area contributed by atoms with Gasteiger partial charge in [0.15, 0.2) is 0 Å². The molecule has 1 atom stereocenters. The highest BCUT2D eigenvalue weighted by molar-refractivity contribution is 7.89. The van der Waals surface area contributed by atoms with Gasteiger partial charge in [-0.2, -0.15) is 4.31 Å². The van der Waals surface area contributed by atoms with E-state index in [-0.39, 0.29) is 18.2 Å². The number of sulfonamides is 1. The number of rotatable bonds is 8. The molecule has 2 amide bonds. The van der Waals surface area contributed by atoms with Crippen LogP contribution in [-0.4, -0.2) is 68.5 Å². The summed E-state index contributed by atoms with van der Waals surface area (Å²) in [5.41, 5.74) is 0.399. The summed E-state index contributed by atoms with van der Waals surface area (Å²) >= 11 is 5.97. The van der Waals surface area contributed by atoms with Crippen LogP contribution in [0.15, 0.2) is 18.2 Å². The monoisotopic (exact) mass is 445 g/mol. The summed E-state index contributed by atoms with van der Waals surface area (Å²) in [5.74, 6) is -0.353. The highest BCUT2D eigenvalue weighted by atomic mass is 35.5. The topological polar surface area (TPSA) is 96.0 Å². The quantitative estimate of drug-likeness (QED) is 0.662. The van der Waals surface area contributed by atoms with Crippen LogP contribution < -0.4 is 10.1 Å². The predicted molar refractivity (Wildman–Crippen MR) is 113 cm³/mol. The van der Waals surface area contributed by atoms with Gasteiger partial charge in [-0.25, -0.2) is 8.42 Å². The van der Waals surface area contributed by atoms with E-state index in [0.717, 1.165) is 12.8 Å². The molecule has 0 saturated carbocycles. The number of anilines is 1. The summed E-state index contributed by atoms with van der Waals surface area (Å²) in [6.45, 7) is 1.91. The average Bonchev–Trinajstić information content (AvgIpc) is 2.67. The van der Waals surface area contributed by atoms with Gasteiger partial charge in [0.1, 0.15) is 11.8 Å². The minimum atomic E-state index is -3.50. The minimum Gasteiger partial charge on any atom is -0.495 e. The van der Waals surface area contributed by atoms with E-state index in [0.29, 0.717) is 35.8 Å². The normalized spacial score (nSPS) is 17.6. The van der Waals surface area contributed by atoms with E-state index in [1.807, 2.05) is 0 Å². The van der Waals surface area contributed by atoms with E-state index >= 15 is 0 Å². The van der Waals surface area contributed by atoms with E-state index in [1.165, 1.54) is 23.4 Å². The lowest BCUT2D eigenvalue weighted by Crippen LogP contribution is -2.53. The Balaban J connectivity index is 2.07. The van der Waals surface area contributed by atoms with Gasteiger partial charge < -0.3 is 15.0 Å². The van der Waals surface area contributed by atoms with Gasteiger partial charge in [0.25, 0.3) is 0 Å². The standard InChI is InChI=1S/C19H28ClN3O5S/c1-4-11-29(26,27)23-10-6-5-7-16(23)19(25)22(2)13-18(24)21-15-12-14(20)8-9-17(15)28-3/h8-9,12,16H,4-7,10-11,13H2,1-3H3,(H,21,24). The molecule has 1 unspecified atom stereocenters. The van der Waals surface area contributed by atoms with Crippen molar-refractivity contribution >= 4 is 39.1 Å². The third-order valence-corrected chi connectivity index (χ3v) is 7.06. The number of hydrogen-bond acceptors (Lipinski definition) is 5. The summed E-state index contributed by atoms with van der Waals surface area (Å²) in [4.78, 5) is 26.6. The van der Waals surface area contributed by atoms with Crippen molar-refractivity contribution in [2.45, 2.75) is 38.6 Å². The van der Waals surface area contributed by atoms with Gasteiger partial charge in [0.05, 0.1) is 25.1 Å². The highest BCUT2D eigenvalue weighted by Crippen LogP contribution is 2.28. The fourth-order valence-electron chi connectivity index (χ4n) is 3.38. The lowest BCUT2D eigenvalue weighted by Gasteiger charge is -2.35. The Morgan fingerprint density at radius 1 is 1.34 bits per heavy atom. The smallest absolute Gasteiger partial charge is 0.244 e. The zero-order valence-corrected chi connectivity index (χ0v) is 18.6. The zero-order valence-electron chi connectivity index (χ0n) is 17.0. The van der Waals surface area contributed by atoms with Crippen molar-refractivity contribution in [3.63, 3.8) is 0 Å². The van der Waals surface area contributed by atoms with E-state index in [2.05, 4.69) is 5.32 Å². The van der Waals surface area contributed by atoms with Crippen molar-refractivity contribution in [1.82, 2.24) is 9.21 Å². The van der Waals surface area contributed by atoms with Crippen LogP contribution in [0.1, 0.15) is 32.6 Å². The molecular weight excluding hydrogens is 418 g/mol. The lowest BCUT2D eigenvalue weighted by atomic mass is 10.0. The Kier molecular flexibility index (Phi) is 8.30. The molecule has 1 saturated heterocycles. The van der Waals surface area contributed by atoms with Crippen molar-refractivity contribution in [2.24, 2.45) is 0 Å². The molecule has 1 heterocycles. The SMILES string of the molecule is CCCS(=O)(=O)N1CCCCC1C(=O)N(C)CC(=O)Nc1cc(Cl)ccc1OC. The lowest BCUT2D eigenvalue weighted by molar-refractivity contribution is -0.137. The Morgan fingerprint density at radius 2 is 2.07 bits per heavy atom. The summed E-state index contributed by atoms with van der Waals surface area (Å²) in [6.07, 6.45) is 2.44. The first-order valence-electron chi connectivity index (χ1n) is 9.57. The molecule has 162 valence electrons. The van der Waals surface area contributed by atoms with Crippen LogP contribution in [0.2, 0.25) is 5.02 Å². The first kappa shape index (κ1) is 23.4. The van der Waals surface area contributed by atoms with Crippen LogP contribution in [0, 0.1) is 0 Å². The van der Waals surface area contributed by atoms with Crippen LogP contribution in [0.25, 0.3) is 0 Å². The minimum absolute atomic E-state index is 0.00947. The molecule has 1 fully saturated rings. The summed E-state index contributed by atoms with van der Waals surface area (Å²) in [5, 5.41) is 3.11. The predicted octanol–water partition coefficient (Wildman–Crippen LogP) is 2.34. The molecule has 29 heavy (non-hydrogen) atoms. The number of nitrogens with zero attached hydrogens (tertiary/aromatic N) is 2. The molecule has 1 aliphatic heterocycles. The van der Waals surface area contributed by atoms with Gasteiger partial charge in [-0.15, -0.1) is 0 Å². The molecule has 8 nitrogen and oxygen atoms in total. The second-order valence-corrected chi connectivity index (χ2v) is 9.50. The number of nitrogens with one attached hydrogen (secondary N) is 1. The maximum atomic E-state index is 12.9. The van der Waals surface area contributed by atoms with Crippen LogP contribution in [0.5, 0.6) is 5.75 Å². The van der Waals surface area contributed by atoms with Gasteiger partial charge in [-0.3, -0.25) is 9.59 Å². The van der Waals surface area contributed by atoms with Crippen LogP contribution in [0.4, 0.5) is 5.69 Å². The Morgan fingerprint density at radius 3 is 2.72 bits per heavy atom. The number of amides is 2. The van der Waals surface area contributed by atoms with Crippen molar-refractivity contribution < 1.29 is 22.7 Å². The molecule has 0 aliphatic carbocycles. The number of hydrogen-bond donors (Lipinski definition) is 1. The van der Waals surface area contributed by atoms with E-state index < -0.39 is 22.0 Å². The first-order chi connectivity index (χ1) is 13.7. The Hall–Kier alpha value is -1.84. The summed E-state index contributed by atoms with van der Waals surface area (Å²) in [6, 6.07) is 4.06. The number of halogens is 1. The summed E-state index contributed by atoms with van der Waals surface area (Å²) < 4.78 is 31.6. The number of likely N-dealkylation sites (N-methyl/N-ethyl adjacent to an activating group) is 1. The maximum absolute atomic E-state index is 12.9. The molecule has 0 spiro atoms. The number of carbonyl (C=O) groups is 2. The Labute approximate surface area is 177 Å². The Bertz CT molecular complexity index is 846. The zero-order chi connectivity index (χ0) is 21.6. The number of carbonyl (C=O) groups excluding carboxylic acids is 2. The van der Waals surface area contributed by atoms with Gasteiger partial charge in [-0.1, -0.05) is 24.9 Å². The van der Waals surface area contributed by atoms with Crippen LogP contribution in [-0.2, 0) is 19.6 Å². The van der Waals surface area contributed by atoms with Gasteiger partial charge in [0.2, 0.25) is 21.8 Å². The number of ether oxygens (including phenoxy) is 1. The van der Waals surface area contributed by atoms with Crippen molar-refractivity contribution in [3.05, 3.63) is 23.2 Å². The number of piperidine rings is 1. The van der Waals surface area contributed by atoms with Gasteiger partial charge >= 0.3 is 0 Å². The summed E-state index contributed by atoms with van der Waals surface area (Å²) in [7, 11) is -0.526. The fourth-order valence-corrected chi connectivity index (χ4v) is 5.29. The largest absolute Gasteiger partial charge is 0.495 e. The van der Waals surface area contributed by atoms with Gasteiger partial charge in [-0.05, 0) is 37.5 Å². The molecule has 2 rings (SSSR count). The average molecular weight is 446 g/mol. The highest BCUT2D eigenvalue weighted by Gasteiger charge is 2.37. The molecule has 0 bridgehead atoms. The second kappa shape index (κ2) is 10.3. The van der Waals surface area contributed by atoms with Crippen molar-refractivity contribution in [3.8, 4) is 5.75 Å². The molecular formula is C19H28ClN3O5S. The van der Waals surface area contributed by atoms with Crippen LogP contribution in [0.3, 0.4) is 0 Å². The molecule has 1 aromatic rings. The van der Waals surface area contributed by atoms with Gasteiger partial charge in [0, 0.05) is 18.6 Å². The van der Waals surface area contributed by atoms with Crippen molar-refractivity contribution in [1.29, 1.82) is 0 Å². The second-order valence-electron chi connectivity index (χ2n) is 7.03. The first-order valence-corrected chi connectivity index (χ1v) is 11.6. The number of methoxy groups -OCH3 is 1. The maximum Gasteiger partial charge on any atom is 0.244 e. The molecule has 1 N–H and O–H groups in total. The van der Waals surface area contributed by atoms with E-state index in [1.54, 1.807) is 25.1 Å². The molecule has 1 aromatic carbocycles.